The van der Waals surface area contributed by atoms with Crippen molar-refractivity contribution in [1.29, 1.82) is 0 Å². The Kier molecular flexibility index (Phi) is 6.54. The van der Waals surface area contributed by atoms with Gasteiger partial charge in [0.25, 0.3) is 0 Å². The second kappa shape index (κ2) is 6.86. The molecule has 0 atom stereocenters. The number of nitrogens with two attached hydrogens (primary N) is 1. The first-order chi connectivity index (χ1) is 6.11. The van der Waals surface area contributed by atoms with Crippen molar-refractivity contribution in [3.63, 3.8) is 0 Å². The molecular formula is C9H20N2O2. The van der Waals surface area contributed by atoms with Crippen molar-refractivity contribution in [2.75, 3.05) is 33.4 Å². The predicted molar refractivity (Wildman–Crippen MR) is 52.3 cm³/mol. The van der Waals surface area contributed by atoms with Crippen molar-refractivity contribution < 1.29 is 9.53 Å². The molecule has 4 heteroatoms. The van der Waals surface area contributed by atoms with E-state index in [1.807, 2.05) is 0 Å². The lowest BCUT2D eigenvalue weighted by Crippen LogP contribution is -2.40. The van der Waals surface area contributed by atoms with Gasteiger partial charge >= 0.3 is 0 Å². The van der Waals surface area contributed by atoms with E-state index < -0.39 is 0 Å². The van der Waals surface area contributed by atoms with Crippen LogP contribution in [0.2, 0.25) is 0 Å². The standard InChI is InChI=1S/C9H20N2O2/c1-8(2)7-11(4-5-13-3)9(12)6-10/h8H,4-7,10H2,1-3H3. The molecular weight excluding hydrogens is 168 g/mol. The van der Waals surface area contributed by atoms with E-state index >= 15 is 0 Å². The van der Waals surface area contributed by atoms with Crippen molar-refractivity contribution in [3.05, 3.63) is 0 Å². The number of amides is 1. The second-order valence-corrected chi connectivity index (χ2v) is 3.43. The van der Waals surface area contributed by atoms with Gasteiger partial charge in [0.15, 0.2) is 0 Å². The third-order valence-electron chi connectivity index (χ3n) is 1.68. The molecule has 0 unspecified atom stereocenters. The van der Waals surface area contributed by atoms with Crippen LogP contribution in [0.5, 0.6) is 0 Å². The van der Waals surface area contributed by atoms with Crippen LogP contribution >= 0.6 is 0 Å². The van der Waals surface area contributed by atoms with Gasteiger partial charge in [0.2, 0.25) is 5.91 Å². The van der Waals surface area contributed by atoms with Crippen LogP contribution in [0, 0.1) is 5.92 Å². The van der Waals surface area contributed by atoms with Gasteiger partial charge in [-0.1, -0.05) is 13.8 Å². The molecule has 0 aliphatic heterocycles. The molecule has 0 radical (unpaired) electrons. The lowest BCUT2D eigenvalue weighted by atomic mass is 10.2. The Morgan fingerprint density at radius 3 is 2.54 bits per heavy atom. The number of nitrogens with zero attached hydrogens (tertiary/aromatic N) is 1. The Hall–Kier alpha value is -0.610. The summed E-state index contributed by atoms with van der Waals surface area (Å²) >= 11 is 0. The maximum Gasteiger partial charge on any atom is 0.236 e. The molecule has 0 aromatic carbocycles. The van der Waals surface area contributed by atoms with E-state index in [4.69, 9.17) is 10.5 Å². The summed E-state index contributed by atoms with van der Waals surface area (Å²) in [6.45, 7) is 6.17. The Balaban J connectivity index is 3.94. The average Bonchev–Trinajstić information content (AvgIpc) is 2.10. The molecule has 0 rings (SSSR count). The molecule has 0 aliphatic rings. The number of rotatable bonds is 6. The van der Waals surface area contributed by atoms with E-state index in [1.165, 1.54) is 0 Å². The predicted octanol–water partition coefficient (Wildman–Crippen LogP) is 0.0761. The molecule has 0 heterocycles. The van der Waals surface area contributed by atoms with Crippen LogP contribution in [0.4, 0.5) is 0 Å². The average molecular weight is 188 g/mol. The fourth-order valence-electron chi connectivity index (χ4n) is 1.09. The summed E-state index contributed by atoms with van der Waals surface area (Å²) in [7, 11) is 1.63. The van der Waals surface area contributed by atoms with Gasteiger partial charge in [-0.25, -0.2) is 0 Å². The quantitative estimate of drug-likeness (QED) is 0.642. The van der Waals surface area contributed by atoms with E-state index in [9.17, 15) is 4.79 Å². The molecule has 0 aromatic heterocycles. The van der Waals surface area contributed by atoms with Gasteiger partial charge in [-0.15, -0.1) is 0 Å². The molecule has 0 spiro atoms. The van der Waals surface area contributed by atoms with E-state index in [2.05, 4.69) is 13.8 Å². The van der Waals surface area contributed by atoms with Crippen LogP contribution in [0.1, 0.15) is 13.8 Å². The lowest BCUT2D eigenvalue weighted by molar-refractivity contribution is -0.130. The van der Waals surface area contributed by atoms with Crippen LogP contribution in [0.3, 0.4) is 0 Å². The molecule has 0 saturated carbocycles. The van der Waals surface area contributed by atoms with Crippen LogP contribution in [0.15, 0.2) is 0 Å². The fraction of sp³-hybridized carbons (Fsp3) is 0.889. The zero-order chi connectivity index (χ0) is 10.3. The molecule has 1 amide bonds. The number of hydrogen-bond acceptors (Lipinski definition) is 3. The van der Waals surface area contributed by atoms with Crippen LogP contribution < -0.4 is 5.73 Å². The Morgan fingerprint density at radius 2 is 2.15 bits per heavy atom. The third kappa shape index (κ3) is 5.60. The summed E-state index contributed by atoms with van der Waals surface area (Å²) in [4.78, 5) is 13.0. The fourth-order valence-corrected chi connectivity index (χ4v) is 1.09. The van der Waals surface area contributed by atoms with Gasteiger partial charge < -0.3 is 15.4 Å². The summed E-state index contributed by atoms with van der Waals surface area (Å²) in [6, 6.07) is 0. The van der Waals surface area contributed by atoms with Gasteiger partial charge in [0.05, 0.1) is 13.2 Å². The SMILES string of the molecule is COCCN(CC(C)C)C(=O)CN. The summed E-state index contributed by atoms with van der Waals surface area (Å²) in [5, 5.41) is 0. The number of carbonyl (C=O) groups excluding carboxylic acids is 1. The van der Waals surface area contributed by atoms with Crippen molar-refractivity contribution in [2.24, 2.45) is 11.7 Å². The summed E-state index contributed by atoms with van der Waals surface area (Å²) < 4.78 is 4.91. The van der Waals surface area contributed by atoms with E-state index in [0.717, 1.165) is 6.54 Å². The smallest absolute Gasteiger partial charge is 0.236 e. The minimum atomic E-state index is -0.00856. The zero-order valence-electron chi connectivity index (χ0n) is 8.75. The second-order valence-electron chi connectivity index (χ2n) is 3.43. The number of ether oxygens (including phenoxy) is 1. The lowest BCUT2D eigenvalue weighted by Gasteiger charge is -2.23. The minimum Gasteiger partial charge on any atom is -0.383 e. The molecule has 0 bridgehead atoms. The highest BCUT2D eigenvalue weighted by atomic mass is 16.5. The van der Waals surface area contributed by atoms with Crippen molar-refractivity contribution in [2.45, 2.75) is 13.8 Å². The summed E-state index contributed by atoms with van der Waals surface area (Å²) in [5.41, 5.74) is 5.29. The molecule has 2 N–H and O–H groups in total. The molecule has 0 fully saturated rings. The molecule has 78 valence electrons. The highest BCUT2D eigenvalue weighted by molar-refractivity contribution is 5.77. The number of carbonyl (C=O) groups is 1. The van der Waals surface area contributed by atoms with E-state index in [-0.39, 0.29) is 12.5 Å². The molecule has 0 saturated heterocycles. The molecule has 13 heavy (non-hydrogen) atoms. The highest BCUT2D eigenvalue weighted by Crippen LogP contribution is 1.98. The number of hydrogen-bond donors (Lipinski definition) is 1. The first-order valence-corrected chi connectivity index (χ1v) is 4.58. The van der Waals surface area contributed by atoms with Gasteiger partial charge in [-0.3, -0.25) is 4.79 Å². The van der Waals surface area contributed by atoms with Crippen LogP contribution in [0.25, 0.3) is 0 Å². The molecule has 0 aliphatic carbocycles. The normalized spacial score (nSPS) is 10.5. The summed E-state index contributed by atoms with van der Waals surface area (Å²) in [5.74, 6) is 0.457. The van der Waals surface area contributed by atoms with Gasteiger partial charge in [-0.05, 0) is 5.92 Å². The van der Waals surface area contributed by atoms with Crippen LogP contribution in [-0.4, -0.2) is 44.2 Å². The maximum absolute atomic E-state index is 11.3. The minimum absolute atomic E-state index is 0.00856. The van der Waals surface area contributed by atoms with Gasteiger partial charge in [-0.2, -0.15) is 0 Å². The summed E-state index contributed by atoms with van der Waals surface area (Å²) in [6.07, 6.45) is 0. The molecule has 4 nitrogen and oxygen atoms in total. The monoisotopic (exact) mass is 188 g/mol. The van der Waals surface area contributed by atoms with E-state index in [0.29, 0.717) is 19.1 Å². The zero-order valence-corrected chi connectivity index (χ0v) is 8.75. The topological polar surface area (TPSA) is 55.6 Å². The highest BCUT2D eigenvalue weighted by Gasteiger charge is 2.12. The first-order valence-electron chi connectivity index (χ1n) is 4.58. The van der Waals surface area contributed by atoms with Crippen molar-refractivity contribution in [3.8, 4) is 0 Å². The third-order valence-corrected chi connectivity index (χ3v) is 1.68. The van der Waals surface area contributed by atoms with Gasteiger partial charge in [0, 0.05) is 20.2 Å². The number of methoxy groups -OCH3 is 1. The molecule has 0 aromatic rings. The Bertz CT molecular complexity index is 149. The Morgan fingerprint density at radius 1 is 1.54 bits per heavy atom. The Labute approximate surface area is 80.0 Å². The van der Waals surface area contributed by atoms with E-state index in [1.54, 1.807) is 12.0 Å². The maximum atomic E-state index is 11.3. The largest absolute Gasteiger partial charge is 0.383 e. The van der Waals surface area contributed by atoms with Crippen LogP contribution in [-0.2, 0) is 9.53 Å². The van der Waals surface area contributed by atoms with Crippen molar-refractivity contribution in [1.82, 2.24) is 4.90 Å². The first kappa shape index (κ1) is 12.4. The van der Waals surface area contributed by atoms with Gasteiger partial charge in [0.1, 0.15) is 0 Å². The van der Waals surface area contributed by atoms with Crippen molar-refractivity contribution >= 4 is 5.91 Å².